The molecule has 1 aliphatic carbocycles. The van der Waals surface area contributed by atoms with E-state index in [2.05, 4.69) is 0 Å². The molecule has 0 bridgehead atoms. The summed E-state index contributed by atoms with van der Waals surface area (Å²) in [7, 11) is 0. The molecule has 19 heavy (non-hydrogen) atoms. The number of phenols is 1. The number of carbonyl (C=O) groups is 1. The third-order valence-corrected chi connectivity index (χ3v) is 4.47. The van der Waals surface area contributed by atoms with Gasteiger partial charge in [-0.05, 0) is 42.5 Å². The predicted octanol–water partition coefficient (Wildman–Crippen LogP) is 2.86. The van der Waals surface area contributed by atoms with Crippen LogP contribution in [0.1, 0.15) is 43.2 Å². The zero-order valence-electron chi connectivity index (χ0n) is 11.3. The molecule has 1 amide bonds. The van der Waals surface area contributed by atoms with Crippen LogP contribution in [0.2, 0.25) is 0 Å². The van der Waals surface area contributed by atoms with E-state index in [1.54, 1.807) is 12.1 Å². The standard InChI is InChI=1S/C16H21NO2/c18-15-7-6-12-8-9-17(11-14(12)10-15)16(19)13-4-2-1-3-5-13/h6-7,10,13,18H,1-5,8-9,11H2. The second-order valence-electron chi connectivity index (χ2n) is 5.80. The van der Waals surface area contributed by atoms with Gasteiger partial charge in [0, 0.05) is 19.0 Å². The Bertz CT molecular complexity index is 478. The molecule has 1 aromatic rings. The van der Waals surface area contributed by atoms with Crippen LogP contribution < -0.4 is 0 Å². The minimum absolute atomic E-state index is 0.243. The van der Waals surface area contributed by atoms with E-state index in [1.807, 2.05) is 11.0 Å². The Hall–Kier alpha value is -1.51. The molecule has 0 radical (unpaired) electrons. The fourth-order valence-electron chi connectivity index (χ4n) is 3.34. The first-order chi connectivity index (χ1) is 9.24. The van der Waals surface area contributed by atoms with Gasteiger partial charge < -0.3 is 10.0 Å². The fourth-order valence-corrected chi connectivity index (χ4v) is 3.34. The molecule has 2 aliphatic rings. The molecule has 0 saturated heterocycles. The quantitative estimate of drug-likeness (QED) is 0.842. The third-order valence-electron chi connectivity index (χ3n) is 4.47. The molecular weight excluding hydrogens is 238 g/mol. The average Bonchev–Trinajstić information content (AvgIpc) is 2.46. The van der Waals surface area contributed by atoms with Crippen molar-refractivity contribution in [3.8, 4) is 5.75 Å². The van der Waals surface area contributed by atoms with Gasteiger partial charge in [0.05, 0.1) is 0 Å². The summed E-state index contributed by atoms with van der Waals surface area (Å²) in [4.78, 5) is 14.5. The van der Waals surface area contributed by atoms with E-state index in [-0.39, 0.29) is 5.92 Å². The van der Waals surface area contributed by atoms with E-state index < -0.39 is 0 Å². The van der Waals surface area contributed by atoms with Gasteiger partial charge in [0.25, 0.3) is 0 Å². The monoisotopic (exact) mass is 259 g/mol. The van der Waals surface area contributed by atoms with Crippen LogP contribution in [0.3, 0.4) is 0 Å². The maximum absolute atomic E-state index is 12.5. The molecule has 0 unspecified atom stereocenters. The first-order valence-corrected chi connectivity index (χ1v) is 7.33. The van der Waals surface area contributed by atoms with Gasteiger partial charge in [-0.1, -0.05) is 25.3 Å². The van der Waals surface area contributed by atoms with Crippen molar-refractivity contribution >= 4 is 5.91 Å². The van der Waals surface area contributed by atoms with E-state index in [0.717, 1.165) is 31.4 Å². The maximum atomic E-state index is 12.5. The lowest BCUT2D eigenvalue weighted by Crippen LogP contribution is -2.40. The van der Waals surface area contributed by atoms with E-state index in [4.69, 9.17) is 0 Å². The first-order valence-electron chi connectivity index (χ1n) is 7.33. The number of aromatic hydroxyl groups is 1. The molecule has 1 fully saturated rings. The number of fused-ring (bicyclic) bond motifs is 1. The highest BCUT2D eigenvalue weighted by Crippen LogP contribution is 2.29. The van der Waals surface area contributed by atoms with Crippen molar-refractivity contribution in [1.29, 1.82) is 0 Å². The molecule has 0 spiro atoms. The summed E-state index contributed by atoms with van der Waals surface area (Å²) in [6.07, 6.45) is 6.70. The number of phenolic OH excluding ortho intramolecular Hbond substituents is 1. The number of carbonyl (C=O) groups excluding carboxylic acids is 1. The average molecular weight is 259 g/mol. The highest BCUT2D eigenvalue weighted by molar-refractivity contribution is 5.79. The lowest BCUT2D eigenvalue weighted by atomic mass is 9.87. The molecule has 3 heteroatoms. The van der Waals surface area contributed by atoms with Crippen LogP contribution in [-0.4, -0.2) is 22.5 Å². The van der Waals surface area contributed by atoms with Crippen LogP contribution in [0.4, 0.5) is 0 Å². The molecule has 0 atom stereocenters. The van der Waals surface area contributed by atoms with Crippen LogP contribution in [-0.2, 0) is 17.8 Å². The summed E-state index contributed by atoms with van der Waals surface area (Å²) in [6, 6.07) is 5.51. The van der Waals surface area contributed by atoms with Crippen molar-refractivity contribution in [2.45, 2.75) is 45.1 Å². The Labute approximate surface area is 114 Å². The smallest absolute Gasteiger partial charge is 0.225 e. The summed E-state index contributed by atoms with van der Waals surface area (Å²) in [5, 5.41) is 9.56. The number of rotatable bonds is 1. The number of hydrogen-bond donors (Lipinski definition) is 1. The molecule has 1 saturated carbocycles. The number of benzene rings is 1. The number of amides is 1. The summed E-state index contributed by atoms with van der Waals surface area (Å²) in [5.74, 6) is 0.868. The summed E-state index contributed by atoms with van der Waals surface area (Å²) < 4.78 is 0. The van der Waals surface area contributed by atoms with Gasteiger partial charge in [-0.15, -0.1) is 0 Å². The van der Waals surface area contributed by atoms with Gasteiger partial charge in [-0.2, -0.15) is 0 Å². The second kappa shape index (κ2) is 5.24. The van der Waals surface area contributed by atoms with Gasteiger partial charge in [-0.25, -0.2) is 0 Å². The zero-order chi connectivity index (χ0) is 13.2. The van der Waals surface area contributed by atoms with Crippen LogP contribution >= 0.6 is 0 Å². The van der Waals surface area contributed by atoms with Gasteiger partial charge in [0.2, 0.25) is 5.91 Å². The molecule has 102 valence electrons. The number of hydrogen-bond acceptors (Lipinski definition) is 2. The Morgan fingerprint density at radius 2 is 1.95 bits per heavy atom. The molecule has 1 heterocycles. The van der Waals surface area contributed by atoms with E-state index in [9.17, 15) is 9.90 Å². The van der Waals surface area contributed by atoms with Gasteiger partial charge in [-0.3, -0.25) is 4.79 Å². The van der Waals surface area contributed by atoms with Gasteiger partial charge >= 0.3 is 0 Å². The van der Waals surface area contributed by atoms with Crippen molar-refractivity contribution in [3.63, 3.8) is 0 Å². The topological polar surface area (TPSA) is 40.5 Å². The molecular formula is C16H21NO2. The highest BCUT2D eigenvalue weighted by Gasteiger charge is 2.28. The normalized spacial score (nSPS) is 20.1. The van der Waals surface area contributed by atoms with Gasteiger partial charge in [0.15, 0.2) is 0 Å². The lowest BCUT2D eigenvalue weighted by molar-refractivity contribution is -0.137. The molecule has 0 aromatic heterocycles. The summed E-state index contributed by atoms with van der Waals surface area (Å²) in [5.41, 5.74) is 2.38. The minimum Gasteiger partial charge on any atom is -0.508 e. The van der Waals surface area contributed by atoms with Crippen molar-refractivity contribution in [2.24, 2.45) is 5.92 Å². The Morgan fingerprint density at radius 1 is 1.16 bits per heavy atom. The van der Waals surface area contributed by atoms with E-state index >= 15 is 0 Å². The van der Waals surface area contributed by atoms with Crippen molar-refractivity contribution < 1.29 is 9.90 Å². The van der Waals surface area contributed by atoms with Crippen molar-refractivity contribution in [3.05, 3.63) is 29.3 Å². The fraction of sp³-hybridized carbons (Fsp3) is 0.562. The van der Waals surface area contributed by atoms with Crippen LogP contribution in [0.25, 0.3) is 0 Å². The minimum atomic E-state index is 0.243. The SMILES string of the molecule is O=C(C1CCCCC1)N1CCc2ccc(O)cc2C1. The largest absolute Gasteiger partial charge is 0.508 e. The molecule has 3 rings (SSSR count). The van der Waals surface area contributed by atoms with E-state index in [0.29, 0.717) is 18.2 Å². The molecule has 1 aliphatic heterocycles. The number of nitrogens with zero attached hydrogens (tertiary/aromatic N) is 1. The summed E-state index contributed by atoms with van der Waals surface area (Å²) >= 11 is 0. The Kier molecular flexibility index (Phi) is 3.45. The highest BCUT2D eigenvalue weighted by atomic mass is 16.3. The predicted molar refractivity (Wildman–Crippen MR) is 73.8 cm³/mol. The molecule has 1 aromatic carbocycles. The molecule has 3 nitrogen and oxygen atoms in total. The van der Waals surface area contributed by atoms with Crippen LogP contribution in [0.5, 0.6) is 5.75 Å². The van der Waals surface area contributed by atoms with Crippen molar-refractivity contribution in [1.82, 2.24) is 4.90 Å². The second-order valence-corrected chi connectivity index (χ2v) is 5.80. The Morgan fingerprint density at radius 3 is 2.74 bits per heavy atom. The van der Waals surface area contributed by atoms with Gasteiger partial charge in [0.1, 0.15) is 5.75 Å². The summed E-state index contributed by atoms with van der Waals surface area (Å²) in [6.45, 7) is 1.49. The van der Waals surface area contributed by atoms with Crippen molar-refractivity contribution in [2.75, 3.05) is 6.54 Å². The first kappa shape index (κ1) is 12.5. The van der Waals surface area contributed by atoms with Crippen LogP contribution in [0, 0.1) is 5.92 Å². The zero-order valence-corrected chi connectivity index (χ0v) is 11.3. The van der Waals surface area contributed by atoms with Crippen LogP contribution in [0.15, 0.2) is 18.2 Å². The third kappa shape index (κ3) is 2.60. The maximum Gasteiger partial charge on any atom is 0.225 e. The Balaban J connectivity index is 1.72. The van der Waals surface area contributed by atoms with E-state index in [1.165, 1.54) is 24.8 Å². The molecule has 1 N–H and O–H groups in total. The lowest BCUT2D eigenvalue weighted by Gasteiger charge is -2.33.